The molecular weight excluding hydrogens is 576 g/mol. The van der Waals surface area contributed by atoms with Gasteiger partial charge in [-0.3, -0.25) is 0 Å². The second-order valence-corrected chi connectivity index (χ2v) is 10.7. The Hall–Kier alpha value is 0.140. The second kappa shape index (κ2) is 6.57. The van der Waals surface area contributed by atoms with Crippen molar-refractivity contribution in [3.63, 3.8) is 0 Å². The molecule has 0 N–H and O–H groups in total. The van der Waals surface area contributed by atoms with Crippen molar-refractivity contribution in [2.24, 2.45) is 0 Å². The summed E-state index contributed by atoms with van der Waals surface area (Å²) in [6.45, 7) is 0. The Balaban J connectivity index is 0.000000295. The fraction of sp³-hybridized carbons (Fsp3) is 0. The van der Waals surface area contributed by atoms with Gasteiger partial charge in [-0.15, -0.1) is 0 Å². The van der Waals surface area contributed by atoms with E-state index in [0.29, 0.717) is 0 Å². The number of benzene rings is 2. The monoisotopic (exact) mass is 582 g/mol. The molecule has 2 aromatic carbocycles. The van der Waals surface area contributed by atoms with E-state index in [1.54, 1.807) is 0 Å². The molecule has 124 valence electrons. The van der Waals surface area contributed by atoms with Crippen LogP contribution < -0.4 is 21.2 Å². The third kappa shape index (κ3) is 12.7. The first-order valence-electron chi connectivity index (χ1n) is 5.41. The van der Waals surface area contributed by atoms with Gasteiger partial charge in [0.1, 0.15) is 0 Å². The molecule has 0 aliphatic rings. The molecule has 2 aromatic rings. The van der Waals surface area contributed by atoms with Crippen LogP contribution in [0.15, 0.2) is 57.5 Å². The van der Waals surface area contributed by atoms with Crippen molar-refractivity contribution in [2.75, 3.05) is 0 Å². The van der Waals surface area contributed by atoms with Crippen LogP contribution in [-0.2, 0) is 0 Å². The predicted octanol–water partition coefficient (Wildman–Crippen LogP) is 4.72. The van der Waals surface area contributed by atoms with E-state index < -0.39 is 7.81 Å². The zero-order valence-electron chi connectivity index (χ0n) is 10.5. The second-order valence-electron chi connectivity index (χ2n) is 3.93. The third-order valence-corrected chi connectivity index (χ3v) is 5.57. The minimum absolute atomic E-state index is 0.0385. The SMILES string of the molecule is Brc1ccc([I+]c2ccc(Br)cc2)cc1.F[P-](F)(F)(F)(F)F. The first-order valence-corrected chi connectivity index (χ1v) is 11.2. The Bertz CT molecular complexity index is 570. The fourth-order valence-electron chi connectivity index (χ4n) is 1.11. The van der Waals surface area contributed by atoms with Crippen molar-refractivity contribution in [3.05, 3.63) is 64.6 Å². The summed E-state index contributed by atoms with van der Waals surface area (Å²) in [5, 5.41) is 0. The van der Waals surface area contributed by atoms with Crippen molar-refractivity contribution >= 4 is 39.7 Å². The topological polar surface area (TPSA) is 0 Å². The van der Waals surface area contributed by atoms with Crippen molar-refractivity contribution in [3.8, 4) is 0 Å². The van der Waals surface area contributed by atoms with Gasteiger partial charge in [-0.1, -0.05) is 31.9 Å². The molecule has 0 fully saturated rings. The standard InChI is InChI=1S/C12H8Br2I.F6P/c13-9-1-5-11(6-2-9)15-12-7-3-10(14)4-8-12;1-7(2,3,4,5)6/h1-8H;/q+1;-1. The van der Waals surface area contributed by atoms with Gasteiger partial charge in [0.25, 0.3) is 0 Å². The van der Waals surface area contributed by atoms with Crippen molar-refractivity contribution in [1.82, 2.24) is 0 Å². The van der Waals surface area contributed by atoms with Gasteiger partial charge in [-0.05, 0) is 48.5 Å². The molecular formula is C12H8Br2F6IP. The maximum atomic E-state index is 9.87. The Morgan fingerprint density at radius 3 is 1.05 bits per heavy atom. The van der Waals surface area contributed by atoms with Gasteiger partial charge in [-0.25, -0.2) is 0 Å². The van der Waals surface area contributed by atoms with Gasteiger partial charge in [0, 0.05) is 8.95 Å². The van der Waals surface area contributed by atoms with Crippen molar-refractivity contribution < 1.29 is 46.4 Å². The van der Waals surface area contributed by atoms with Crippen molar-refractivity contribution in [2.45, 2.75) is 0 Å². The number of halogens is 9. The molecule has 0 aliphatic heterocycles. The van der Waals surface area contributed by atoms with E-state index >= 15 is 0 Å². The molecule has 2 rings (SSSR count). The molecule has 0 saturated carbocycles. The molecule has 0 spiro atoms. The summed E-state index contributed by atoms with van der Waals surface area (Å²) < 4.78 is 64.4. The van der Waals surface area contributed by atoms with Gasteiger partial charge in [0.2, 0.25) is 0 Å². The number of hydrogen-bond acceptors (Lipinski definition) is 0. The quantitative estimate of drug-likeness (QED) is 0.273. The number of rotatable bonds is 2. The zero-order chi connectivity index (χ0) is 17.1. The molecule has 0 nitrogen and oxygen atoms in total. The summed E-state index contributed by atoms with van der Waals surface area (Å²) >= 11 is 6.85. The van der Waals surface area contributed by atoms with Crippen LogP contribution in [0.1, 0.15) is 0 Å². The molecule has 0 radical (unpaired) electrons. The molecule has 0 amide bonds. The molecule has 10 heteroatoms. The van der Waals surface area contributed by atoms with Crippen LogP contribution in [0, 0.1) is 7.14 Å². The van der Waals surface area contributed by atoms with E-state index in [1.165, 1.54) is 7.14 Å². The van der Waals surface area contributed by atoms with Gasteiger partial charge < -0.3 is 0 Å². The summed E-state index contributed by atoms with van der Waals surface area (Å²) in [5.41, 5.74) is 0. The summed E-state index contributed by atoms with van der Waals surface area (Å²) in [4.78, 5) is 0. The molecule has 0 bridgehead atoms. The molecule has 0 unspecified atom stereocenters. The van der Waals surface area contributed by atoms with Gasteiger partial charge in [0.05, 0.1) is 0 Å². The van der Waals surface area contributed by atoms with Crippen LogP contribution in [0.4, 0.5) is 25.2 Å². The van der Waals surface area contributed by atoms with E-state index in [2.05, 4.69) is 80.4 Å². The Kier molecular flexibility index (Phi) is 6.02. The predicted molar refractivity (Wildman–Crippen MR) is 79.2 cm³/mol. The van der Waals surface area contributed by atoms with E-state index in [9.17, 15) is 25.2 Å². The van der Waals surface area contributed by atoms with Crippen LogP contribution in [-0.4, -0.2) is 0 Å². The van der Waals surface area contributed by atoms with E-state index in [4.69, 9.17) is 0 Å². The van der Waals surface area contributed by atoms with Crippen LogP contribution in [0.25, 0.3) is 0 Å². The summed E-state index contributed by atoms with van der Waals surface area (Å²) in [6.07, 6.45) is 0. The Morgan fingerprint density at radius 2 is 0.818 bits per heavy atom. The molecule has 22 heavy (non-hydrogen) atoms. The first-order chi connectivity index (χ1) is 9.69. The molecule has 0 aromatic heterocycles. The molecule has 0 saturated heterocycles. The van der Waals surface area contributed by atoms with Gasteiger partial charge in [0.15, 0.2) is 7.14 Å². The molecule has 0 atom stereocenters. The van der Waals surface area contributed by atoms with E-state index in [0.717, 1.165) is 8.95 Å². The maximum absolute atomic E-state index is 10.7. The molecule has 0 aliphatic carbocycles. The fourth-order valence-corrected chi connectivity index (χ4v) is 3.80. The van der Waals surface area contributed by atoms with E-state index in [-0.39, 0.29) is 21.2 Å². The average molecular weight is 584 g/mol. The summed E-state index contributed by atoms with van der Waals surface area (Å²) in [5.74, 6) is 0. The zero-order valence-corrected chi connectivity index (χ0v) is 16.7. The van der Waals surface area contributed by atoms with E-state index in [1.807, 2.05) is 0 Å². The average Bonchev–Trinajstić information content (AvgIpc) is 2.31. The summed E-state index contributed by atoms with van der Waals surface area (Å²) in [6, 6.07) is 17.2. The van der Waals surface area contributed by atoms with Crippen LogP contribution in [0.3, 0.4) is 0 Å². The summed E-state index contributed by atoms with van der Waals surface area (Å²) in [7, 11) is -10.7. The number of hydrogen-bond donors (Lipinski definition) is 0. The van der Waals surface area contributed by atoms with Gasteiger partial charge in [-0.2, -0.15) is 0 Å². The Labute approximate surface area is 150 Å². The molecule has 0 heterocycles. The van der Waals surface area contributed by atoms with Crippen LogP contribution in [0.5, 0.6) is 0 Å². The first kappa shape index (κ1) is 20.2. The Morgan fingerprint density at radius 1 is 0.591 bits per heavy atom. The van der Waals surface area contributed by atoms with Crippen LogP contribution in [0.2, 0.25) is 0 Å². The third-order valence-electron chi connectivity index (χ3n) is 1.83. The van der Waals surface area contributed by atoms with Gasteiger partial charge >= 0.3 is 54.2 Å². The minimum atomic E-state index is -10.7. The normalized spacial score (nSPS) is 14.4. The van der Waals surface area contributed by atoms with Crippen molar-refractivity contribution in [1.29, 1.82) is 0 Å². The van der Waals surface area contributed by atoms with Crippen LogP contribution >= 0.6 is 39.7 Å².